The van der Waals surface area contributed by atoms with Gasteiger partial charge in [-0.25, -0.2) is 0 Å². The fraction of sp³-hybridized carbons (Fsp3) is 0.533. The Hall–Kier alpha value is -1.95. The molecule has 0 bridgehead atoms. The van der Waals surface area contributed by atoms with E-state index in [4.69, 9.17) is 25.1 Å². The van der Waals surface area contributed by atoms with Crippen molar-refractivity contribution < 1.29 is 24.1 Å². The molecule has 0 amide bonds. The monoisotopic (exact) mass is 297 g/mol. The van der Waals surface area contributed by atoms with Crippen LogP contribution in [0.4, 0.5) is 0 Å². The third-order valence-corrected chi connectivity index (χ3v) is 3.48. The van der Waals surface area contributed by atoms with E-state index in [1.54, 1.807) is 13.2 Å². The fourth-order valence-corrected chi connectivity index (χ4v) is 2.35. The van der Waals surface area contributed by atoms with Crippen molar-refractivity contribution in [2.75, 3.05) is 21.3 Å². The van der Waals surface area contributed by atoms with Crippen LogP contribution in [-0.2, 0) is 4.79 Å². The Kier molecular flexibility index (Phi) is 5.43. The van der Waals surface area contributed by atoms with E-state index in [0.717, 1.165) is 5.56 Å². The quantitative estimate of drug-likeness (QED) is 0.800. The van der Waals surface area contributed by atoms with Gasteiger partial charge in [0.15, 0.2) is 11.5 Å². The minimum atomic E-state index is -1.31. The molecule has 2 unspecified atom stereocenters. The predicted octanol–water partition coefficient (Wildman–Crippen LogP) is 2.01. The highest BCUT2D eigenvalue weighted by atomic mass is 16.5. The van der Waals surface area contributed by atoms with Gasteiger partial charge in [0, 0.05) is 5.56 Å². The van der Waals surface area contributed by atoms with Crippen LogP contribution < -0.4 is 19.9 Å². The Bertz CT molecular complexity index is 513. The van der Waals surface area contributed by atoms with Crippen LogP contribution in [0.5, 0.6) is 17.2 Å². The summed E-state index contributed by atoms with van der Waals surface area (Å²) in [5, 5.41) is 9.15. The maximum Gasteiger partial charge on any atom is 0.323 e. The second kappa shape index (κ2) is 6.67. The van der Waals surface area contributed by atoms with Gasteiger partial charge in [0.25, 0.3) is 0 Å². The van der Waals surface area contributed by atoms with Crippen molar-refractivity contribution in [1.82, 2.24) is 0 Å². The molecule has 1 aromatic rings. The molecule has 1 aromatic carbocycles. The van der Waals surface area contributed by atoms with Gasteiger partial charge in [-0.05, 0) is 25.3 Å². The number of hydrogen-bond acceptors (Lipinski definition) is 5. The maximum atomic E-state index is 11.2. The van der Waals surface area contributed by atoms with E-state index < -0.39 is 11.5 Å². The summed E-state index contributed by atoms with van der Waals surface area (Å²) in [6, 6.07) is 3.60. The van der Waals surface area contributed by atoms with Crippen molar-refractivity contribution in [3.05, 3.63) is 17.7 Å². The average molecular weight is 297 g/mol. The first kappa shape index (κ1) is 17.1. The van der Waals surface area contributed by atoms with E-state index in [9.17, 15) is 4.79 Å². The van der Waals surface area contributed by atoms with Gasteiger partial charge in [-0.3, -0.25) is 4.79 Å². The zero-order valence-corrected chi connectivity index (χ0v) is 13.1. The van der Waals surface area contributed by atoms with Gasteiger partial charge < -0.3 is 25.1 Å². The van der Waals surface area contributed by atoms with E-state index >= 15 is 0 Å². The van der Waals surface area contributed by atoms with Gasteiger partial charge in [-0.15, -0.1) is 0 Å². The second-order valence-corrected chi connectivity index (χ2v) is 5.25. The number of nitrogens with two attached hydrogens (primary N) is 1. The number of carboxylic acid groups (broad SMARTS) is 1. The second-order valence-electron chi connectivity index (χ2n) is 5.25. The largest absolute Gasteiger partial charge is 0.493 e. The Morgan fingerprint density at radius 2 is 1.81 bits per heavy atom. The summed E-state index contributed by atoms with van der Waals surface area (Å²) in [4.78, 5) is 11.2. The molecule has 118 valence electrons. The molecule has 0 aliphatic heterocycles. The summed E-state index contributed by atoms with van der Waals surface area (Å²) >= 11 is 0. The molecule has 6 nitrogen and oxygen atoms in total. The lowest BCUT2D eigenvalue weighted by atomic mass is 9.86. The molecule has 0 aromatic heterocycles. The number of benzene rings is 1. The summed E-state index contributed by atoms with van der Waals surface area (Å²) in [7, 11) is 4.60. The summed E-state index contributed by atoms with van der Waals surface area (Å²) in [6.07, 6.45) is 0.272. The van der Waals surface area contributed by atoms with E-state index in [0.29, 0.717) is 17.2 Å². The van der Waals surface area contributed by atoms with E-state index in [2.05, 4.69) is 0 Å². The first-order valence-electron chi connectivity index (χ1n) is 6.59. The van der Waals surface area contributed by atoms with E-state index in [-0.39, 0.29) is 12.3 Å². The van der Waals surface area contributed by atoms with Gasteiger partial charge in [-0.1, -0.05) is 13.0 Å². The number of carboxylic acids is 1. The summed E-state index contributed by atoms with van der Waals surface area (Å²) < 4.78 is 16.0. The topological polar surface area (TPSA) is 91.0 Å². The third-order valence-electron chi connectivity index (χ3n) is 3.48. The predicted molar refractivity (Wildman–Crippen MR) is 79.4 cm³/mol. The van der Waals surface area contributed by atoms with Gasteiger partial charge in [-0.2, -0.15) is 0 Å². The van der Waals surface area contributed by atoms with Crippen LogP contribution in [-0.4, -0.2) is 37.9 Å². The van der Waals surface area contributed by atoms with Gasteiger partial charge >= 0.3 is 5.97 Å². The molecule has 0 spiro atoms. The molecule has 0 aliphatic carbocycles. The maximum absolute atomic E-state index is 11.2. The molecule has 0 radical (unpaired) electrons. The highest BCUT2D eigenvalue weighted by molar-refractivity contribution is 5.78. The Balaban J connectivity index is 3.21. The van der Waals surface area contributed by atoms with Crippen molar-refractivity contribution in [2.24, 2.45) is 5.73 Å². The molecule has 21 heavy (non-hydrogen) atoms. The highest BCUT2D eigenvalue weighted by Gasteiger charge is 2.32. The molecule has 3 N–H and O–H groups in total. The molecular formula is C15H23NO5. The van der Waals surface area contributed by atoms with Crippen LogP contribution in [0.3, 0.4) is 0 Å². The Morgan fingerprint density at radius 3 is 2.24 bits per heavy atom. The highest BCUT2D eigenvalue weighted by Crippen LogP contribution is 2.43. The Labute approximate surface area is 124 Å². The van der Waals surface area contributed by atoms with Crippen LogP contribution in [0.15, 0.2) is 12.1 Å². The number of carbonyl (C=O) groups is 1. The first-order chi connectivity index (χ1) is 9.78. The minimum absolute atomic E-state index is 0.120. The van der Waals surface area contributed by atoms with Crippen LogP contribution in [0.1, 0.15) is 31.7 Å². The van der Waals surface area contributed by atoms with E-state index in [1.807, 2.05) is 13.0 Å². The van der Waals surface area contributed by atoms with E-state index in [1.165, 1.54) is 21.1 Å². The standard InChI is InChI=1S/C15H23NO5/c1-9(8-15(2,16)14(17)18)10-6-7-11(19-3)13(21-5)12(10)20-4/h6-7,9H,8,16H2,1-5H3,(H,17,18). The number of hydrogen-bond donors (Lipinski definition) is 2. The van der Waals surface area contributed by atoms with Crippen LogP contribution >= 0.6 is 0 Å². The molecule has 0 fully saturated rings. The zero-order valence-electron chi connectivity index (χ0n) is 13.1. The summed E-state index contributed by atoms with van der Waals surface area (Å²) in [5.41, 5.74) is 5.34. The summed E-state index contributed by atoms with van der Waals surface area (Å²) in [5.74, 6) is 0.419. The first-order valence-corrected chi connectivity index (χ1v) is 6.59. The number of methoxy groups -OCH3 is 3. The zero-order chi connectivity index (χ0) is 16.2. The lowest BCUT2D eigenvalue weighted by Gasteiger charge is -2.25. The SMILES string of the molecule is COc1ccc(C(C)CC(C)(N)C(=O)O)c(OC)c1OC. The fourth-order valence-electron chi connectivity index (χ4n) is 2.35. The van der Waals surface area contributed by atoms with Gasteiger partial charge in [0.2, 0.25) is 5.75 Å². The van der Waals surface area contributed by atoms with Crippen LogP contribution in [0, 0.1) is 0 Å². The van der Waals surface area contributed by atoms with Crippen LogP contribution in [0.2, 0.25) is 0 Å². The van der Waals surface area contributed by atoms with Crippen molar-refractivity contribution in [1.29, 1.82) is 0 Å². The minimum Gasteiger partial charge on any atom is -0.493 e. The lowest BCUT2D eigenvalue weighted by Crippen LogP contribution is -2.45. The normalized spacial score (nSPS) is 15.0. The molecule has 0 heterocycles. The van der Waals surface area contributed by atoms with Crippen molar-refractivity contribution in [3.63, 3.8) is 0 Å². The Morgan fingerprint density at radius 1 is 1.24 bits per heavy atom. The molecule has 6 heteroatoms. The summed E-state index contributed by atoms with van der Waals surface area (Å²) in [6.45, 7) is 3.40. The smallest absolute Gasteiger partial charge is 0.323 e. The third kappa shape index (κ3) is 3.58. The van der Waals surface area contributed by atoms with Crippen molar-refractivity contribution in [2.45, 2.75) is 31.7 Å². The molecule has 1 rings (SSSR count). The molecule has 0 saturated carbocycles. The average Bonchev–Trinajstić information content (AvgIpc) is 2.44. The van der Waals surface area contributed by atoms with Gasteiger partial charge in [0.1, 0.15) is 5.54 Å². The van der Waals surface area contributed by atoms with Crippen LogP contribution in [0.25, 0.3) is 0 Å². The molecule has 2 atom stereocenters. The van der Waals surface area contributed by atoms with Gasteiger partial charge in [0.05, 0.1) is 21.3 Å². The molecular weight excluding hydrogens is 274 g/mol. The van der Waals surface area contributed by atoms with Crippen molar-refractivity contribution in [3.8, 4) is 17.2 Å². The molecule has 0 aliphatic rings. The number of rotatable bonds is 7. The number of aliphatic carboxylic acids is 1. The number of ether oxygens (including phenoxy) is 3. The molecule has 0 saturated heterocycles. The van der Waals surface area contributed by atoms with Crippen molar-refractivity contribution >= 4 is 5.97 Å². The lowest BCUT2D eigenvalue weighted by molar-refractivity contribution is -0.143.